The zero-order valence-electron chi connectivity index (χ0n) is 35.2. The number of carbonyl (C=O) groups is 5. The molecule has 1 aromatic heterocycles. The summed E-state index contributed by atoms with van der Waals surface area (Å²) >= 11 is 6.25. The van der Waals surface area contributed by atoms with Gasteiger partial charge in [0.15, 0.2) is 0 Å². The SMILES string of the molecule is CC1(C)C(NC(=O)c2ccc(N3CCC(CN4C5CCC4CN(c4cc6c(cc4F)C(=O)N(C4CCC(=O)NC4=O)C6=O)C5)CC3)nc2)C(C)(C)C1Oc1ccc(C#N)c(Cl)c1. The zero-order chi connectivity index (χ0) is 43.8. The van der Waals surface area contributed by atoms with Crippen LogP contribution in [0.15, 0.2) is 48.7 Å². The molecular formula is C46H50ClFN8O6. The minimum Gasteiger partial charge on any atom is -0.489 e. The van der Waals surface area contributed by atoms with Crippen molar-refractivity contribution in [2.75, 3.05) is 42.5 Å². The Labute approximate surface area is 364 Å². The zero-order valence-corrected chi connectivity index (χ0v) is 36.0. The number of amides is 5. The minimum absolute atomic E-state index is 0.0151. The maximum atomic E-state index is 15.7. The van der Waals surface area contributed by atoms with Crippen molar-refractivity contribution in [3.8, 4) is 11.8 Å². The van der Waals surface area contributed by atoms with E-state index in [1.807, 2.05) is 17.0 Å². The third-order valence-corrected chi connectivity index (χ3v) is 14.6. The normalized spacial score (nSPS) is 26.8. The number of piperidine rings is 2. The van der Waals surface area contributed by atoms with E-state index in [1.54, 1.807) is 24.4 Å². The summed E-state index contributed by atoms with van der Waals surface area (Å²) in [6.45, 7) is 12.1. The lowest BCUT2D eigenvalue weighted by Crippen LogP contribution is -2.74. The number of hydrogen-bond donors (Lipinski definition) is 2. The number of pyridine rings is 1. The predicted octanol–water partition coefficient (Wildman–Crippen LogP) is 5.33. The van der Waals surface area contributed by atoms with Gasteiger partial charge < -0.3 is 19.9 Å². The van der Waals surface area contributed by atoms with Crippen LogP contribution in [-0.2, 0) is 9.59 Å². The molecule has 3 aromatic rings. The molecule has 2 bridgehead atoms. The van der Waals surface area contributed by atoms with Crippen LogP contribution in [-0.4, -0.2) is 107 Å². The van der Waals surface area contributed by atoms with Gasteiger partial charge in [-0.2, -0.15) is 5.26 Å². The first kappa shape index (κ1) is 41.7. The van der Waals surface area contributed by atoms with Crippen LogP contribution in [0.3, 0.4) is 0 Å². The van der Waals surface area contributed by atoms with Crippen LogP contribution in [0.5, 0.6) is 5.75 Å². The van der Waals surface area contributed by atoms with Crippen LogP contribution in [0.2, 0.25) is 5.02 Å². The molecule has 2 aromatic carbocycles. The van der Waals surface area contributed by atoms with Crippen LogP contribution >= 0.6 is 11.6 Å². The van der Waals surface area contributed by atoms with Gasteiger partial charge in [0, 0.05) is 80.4 Å². The van der Waals surface area contributed by atoms with Crippen molar-refractivity contribution in [3.63, 3.8) is 0 Å². The first-order chi connectivity index (χ1) is 29.5. The average Bonchev–Trinajstić information content (AvgIpc) is 3.61. The predicted molar refractivity (Wildman–Crippen MR) is 227 cm³/mol. The molecule has 6 aliphatic rings. The number of fused-ring (bicyclic) bond motifs is 3. The van der Waals surface area contributed by atoms with Gasteiger partial charge in [-0.3, -0.25) is 39.1 Å². The van der Waals surface area contributed by atoms with E-state index in [0.29, 0.717) is 40.9 Å². The quantitative estimate of drug-likeness (QED) is 0.267. The number of imide groups is 2. The summed E-state index contributed by atoms with van der Waals surface area (Å²) in [5.74, 6) is -1.37. The van der Waals surface area contributed by atoms with Gasteiger partial charge in [-0.1, -0.05) is 39.3 Å². The number of piperazine rings is 1. The van der Waals surface area contributed by atoms with Gasteiger partial charge >= 0.3 is 0 Å². The highest BCUT2D eigenvalue weighted by atomic mass is 35.5. The van der Waals surface area contributed by atoms with E-state index in [2.05, 4.69) is 54.2 Å². The van der Waals surface area contributed by atoms with Gasteiger partial charge in [0.05, 0.1) is 33.0 Å². The van der Waals surface area contributed by atoms with Crippen LogP contribution in [0, 0.1) is 33.9 Å². The van der Waals surface area contributed by atoms with Gasteiger partial charge in [-0.05, 0) is 74.4 Å². The molecular weight excluding hydrogens is 815 g/mol. The number of hydrogen-bond acceptors (Lipinski definition) is 11. The standard InChI is InChI=1S/C46H50ClFN8O6/c1-45(2)43(46(3,4)44(45)62-30-9-5-26(20-49)33(47)17-30)52-39(58)27-6-11-37(50-21-27)53-15-13-25(14-16-53)22-55-28-7-8-29(55)24-54(23-28)36-19-32-31(18-34(36)48)41(60)56(42(32)61)35-10-12-38(57)51-40(35)59/h5-6,9,11,17-19,21,25,28-29,35,43-44H,7-8,10,12-16,22-24H2,1-4H3,(H,52,58)(H,51,57,59). The Morgan fingerprint density at radius 3 is 2.23 bits per heavy atom. The summed E-state index contributed by atoms with van der Waals surface area (Å²) < 4.78 is 22.1. The molecule has 2 N–H and O–H groups in total. The fourth-order valence-electron chi connectivity index (χ4n) is 11.4. The van der Waals surface area contributed by atoms with E-state index in [-0.39, 0.29) is 70.6 Å². The molecule has 324 valence electrons. The molecule has 0 spiro atoms. The molecule has 3 atom stereocenters. The van der Waals surface area contributed by atoms with Crippen molar-refractivity contribution in [1.82, 2.24) is 25.4 Å². The molecule has 1 aliphatic carbocycles. The number of nitrogens with zero attached hydrogens (tertiary/aromatic N) is 6. The monoisotopic (exact) mass is 864 g/mol. The van der Waals surface area contributed by atoms with E-state index in [1.165, 1.54) is 6.07 Å². The highest BCUT2D eigenvalue weighted by molar-refractivity contribution is 6.31. The molecule has 3 unspecified atom stereocenters. The summed E-state index contributed by atoms with van der Waals surface area (Å²) in [6.07, 6.45) is 5.46. The number of benzene rings is 2. The lowest BCUT2D eigenvalue weighted by molar-refractivity contribution is -0.164. The first-order valence-corrected chi connectivity index (χ1v) is 21.9. The van der Waals surface area contributed by atoms with E-state index in [0.717, 1.165) is 62.1 Å². The number of rotatable bonds is 9. The minimum atomic E-state index is -1.10. The second-order valence-electron chi connectivity index (χ2n) is 18.9. The van der Waals surface area contributed by atoms with Crippen molar-refractivity contribution in [1.29, 1.82) is 5.26 Å². The average molecular weight is 865 g/mol. The molecule has 1 saturated carbocycles. The number of halogens is 2. The first-order valence-electron chi connectivity index (χ1n) is 21.5. The number of ether oxygens (including phenoxy) is 1. The lowest BCUT2D eigenvalue weighted by atomic mass is 9.49. The Hall–Kier alpha value is -5.59. The Balaban J connectivity index is 0.769. The molecule has 16 heteroatoms. The number of nitrogens with one attached hydrogen (secondary N) is 2. The third kappa shape index (κ3) is 7.14. The Morgan fingerprint density at radius 2 is 1.61 bits per heavy atom. The molecule has 62 heavy (non-hydrogen) atoms. The highest BCUT2D eigenvalue weighted by Gasteiger charge is 2.64. The third-order valence-electron chi connectivity index (χ3n) is 14.3. The Morgan fingerprint density at radius 1 is 0.935 bits per heavy atom. The van der Waals surface area contributed by atoms with E-state index in [9.17, 15) is 29.2 Å². The second kappa shape index (κ2) is 15.6. The summed E-state index contributed by atoms with van der Waals surface area (Å²) in [6, 6.07) is 12.6. The van der Waals surface area contributed by atoms with Gasteiger partial charge in [0.25, 0.3) is 17.7 Å². The van der Waals surface area contributed by atoms with Crippen molar-refractivity contribution in [2.45, 2.75) is 96.5 Å². The van der Waals surface area contributed by atoms with E-state index < -0.39 is 35.5 Å². The van der Waals surface area contributed by atoms with Crippen LogP contribution in [0.1, 0.15) is 103 Å². The van der Waals surface area contributed by atoms with E-state index in [4.69, 9.17) is 21.3 Å². The molecule has 6 heterocycles. The van der Waals surface area contributed by atoms with Crippen LogP contribution in [0.25, 0.3) is 0 Å². The van der Waals surface area contributed by atoms with Crippen molar-refractivity contribution >= 4 is 52.6 Å². The largest absolute Gasteiger partial charge is 0.489 e. The molecule has 5 amide bonds. The summed E-state index contributed by atoms with van der Waals surface area (Å²) in [5.41, 5.74) is 0.410. The highest BCUT2D eigenvalue weighted by Crippen LogP contribution is 2.55. The number of carbonyl (C=O) groups excluding carboxylic acids is 5. The smallest absolute Gasteiger partial charge is 0.262 e. The topological polar surface area (TPSA) is 168 Å². The number of anilines is 2. The fourth-order valence-corrected chi connectivity index (χ4v) is 11.6. The van der Waals surface area contributed by atoms with Crippen LogP contribution < -0.4 is 25.2 Å². The number of nitriles is 1. The Bertz CT molecular complexity index is 2380. The van der Waals surface area contributed by atoms with Gasteiger partial charge in [-0.15, -0.1) is 0 Å². The molecule has 4 saturated heterocycles. The summed E-state index contributed by atoms with van der Waals surface area (Å²) in [7, 11) is 0. The van der Waals surface area contributed by atoms with Crippen LogP contribution in [0.4, 0.5) is 15.9 Å². The van der Waals surface area contributed by atoms with Crippen molar-refractivity contribution < 1.29 is 33.1 Å². The molecule has 5 fully saturated rings. The van der Waals surface area contributed by atoms with Gasteiger partial charge in [0.2, 0.25) is 11.8 Å². The summed E-state index contributed by atoms with van der Waals surface area (Å²) in [4.78, 5) is 76.8. The number of aromatic nitrogens is 1. The fraction of sp³-hybridized carbons (Fsp3) is 0.500. The lowest BCUT2D eigenvalue weighted by Gasteiger charge is -2.63. The summed E-state index contributed by atoms with van der Waals surface area (Å²) in [5, 5.41) is 15.0. The van der Waals surface area contributed by atoms with Gasteiger partial charge in [-0.25, -0.2) is 9.37 Å². The van der Waals surface area contributed by atoms with Gasteiger partial charge in [0.1, 0.15) is 35.6 Å². The maximum absolute atomic E-state index is 15.7. The molecule has 0 radical (unpaired) electrons. The van der Waals surface area contributed by atoms with Crippen molar-refractivity contribution in [2.24, 2.45) is 16.7 Å². The Kier molecular flexibility index (Phi) is 10.5. The maximum Gasteiger partial charge on any atom is 0.262 e. The van der Waals surface area contributed by atoms with E-state index >= 15 is 4.39 Å². The molecule has 9 rings (SSSR count). The molecule has 14 nitrogen and oxygen atoms in total. The second-order valence-corrected chi connectivity index (χ2v) is 19.3. The molecule has 5 aliphatic heterocycles. The van der Waals surface area contributed by atoms with Crippen molar-refractivity contribution in [3.05, 3.63) is 81.8 Å².